The molecule has 20 heavy (non-hydrogen) atoms. The highest BCUT2D eigenvalue weighted by molar-refractivity contribution is 5.33. The smallest absolute Gasteiger partial charge is 0.0772 e. The van der Waals surface area contributed by atoms with E-state index in [4.69, 9.17) is 11.5 Å². The maximum absolute atomic E-state index is 5.63. The molecule has 0 atom stereocenters. The molecule has 0 bridgehead atoms. The van der Waals surface area contributed by atoms with Crippen molar-refractivity contribution in [3.05, 3.63) is 47.8 Å². The molecule has 4 N–H and O–H groups in total. The van der Waals surface area contributed by atoms with Gasteiger partial charge in [-0.1, -0.05) is 18.2 Å². The maximum Gasteiger partial charge on any atom is 0.0772 e. The van der Waals surface area contributed by atoms with Crippen molar-refractivity contribution in [2.24, 2.45) is 11.5 Å². The molecule has 2 aromatic rings. The Labute approximate surface area is 120 Å². The lowest BCUT2D eigenvalue weighted by Gasteiger charge is -2.19. The van der Waals surface area contributed by atoms with Crippen LogP contribution >= 0.6 is 0 Å². The summed E-state index contributed by atoms with van der Waals surface area (Å²) in [6.45, 7) is 5.81. The number of nitrogens with two attached hydrogens (primary N) is 2. The first kappa shape index (κ1) is 14.7. The van der Waals surface area contributed by atoms with E-state index in [1.807, 2.05) is 22.9 Å². The SMILES string of the molecule is Cc1cc(CN(CCN)CCN)nn1-c1ccccc1. The van der Waals surface area contributed by atoms with Gasteiger partial charge in [0.15, 0.2) is 0 Å². The Hall–Kier alpha value is -1.69. The minimum atomic E-state index is 0.637. The van der Waals surface area contributed by atoms with Crippen LogP contribution in [0.15, 0.2) is 36.4 Å². The predicted octanol–water partition coefficient (Wildman–Crippen LogP) is 0.900. The molecule has 5 heteroatoms. The van der Waals surface area contributed by atoms with Crippen molar-refractivity contribution in [2.75, 3.05) is 26.2 Å². The molecular formula is C15H23N5. The fraction of sp³-hybridized carbons (Fsp3) is 0.400. The van der Waals surface area contributed by atoms with Crippen molar-refractivity contribution in [3.8, 4) is 5.69 Å². The van der Waals surface area contributed by atoms with Crippen LogP contribution in [0.5, 0.6) is 0 Å². The average molecular weight is 273 g/mol. The molecule has 1 aromatic carbocycles. The van der Waals surface area contributed by atoms with Gasteiger partial charge in [0.05, 0.1) is 11.4 Å². The number of para-hydroxylation sites is 1. The summed E-state index contributed by atoms with van der Waals surface area (Å²) < 4.78 is 1.97. The number of aryl methyl sites for hydroxylation is 1. The number of hydrogen-bond acceptors (Lipinski definition) is 4. The van der Waals surface area contributed by atoms with Gasteiger partial charge in [-0.2, -0.15) is 5.10 Å². The van der Waals surface area contributed by atoms with E-state index in [9.17, 15) is 0 Å². The molecule has 1 heterocycles. The monoisotopic (exact) mass is 273 g/mol. The summed E-state index contributed by atoms with van der Waals surface area (Å²) in [4.78, 5) is 2.23. The molecule has 0 spiro atoms. The van der Waals surface area contributed by atoms with Crippen LogP contribution in [0, 0.1) is 6.92 Å². The van der Waals surface area contributed by atoms with Crippen LogP contribution in [-0.4, -0.2) is 40.9 Å². The van der Waals surface area contributed by atoms with Crippen molar-refractivity contribution in [1.82, 2.24) is 14.7 Å². The van der Waals surface area contributed by atoms with E-state index >= 15 is 0 Å². The summed E-state index contributed by atoms with van der Waals surface area (Å²) in [6.07, 6.45) is 0. The van der Waals surface area contributed by atoms with Gasteiger partial charge >= 0.3 is 0 Å². The molecule has 108 valence electrons. The van der Waals surface area contributed by atoms with E-state index < -0.39 is 0 Å². The molecule has 0 saturated carbocycles. The van der Waals surface area contributed by atoms with Crippen molar-refractivity contribution < 1.29 is 0 Å². The van der Waals surface area contributed by atoms with Gasteiger partial charge in [0.25, 0.3) is 0 Å². The van der Waals surface area contributed by atoms with Gasteiger partial charge in [0.2, 0.25) is 0 Å². The zero-order chi connectivity index (χ0) is 14.4. The molecule has 0 aliphatic carbocycles. The summed E-state index contributed by atoms with van der Waals surface area (Å²) in [5.41, 5.74) is 14.5. The Kier molecular flexibility index (Phi) is 5.29. The fourth-order valence-electron chi connectivity index (χ4n) is 2.31. The van der Waals surface area contributed by atoms with Crippen LogP contribution < -0.4 is 11.5 Å². The first-order valence-corrected chi connectivity index (χ1v) is 6.98. The second kappa shape index (κ2) is 7.19. The van der Waals surface area contributed by atoms with E-state index in [2.05, 4.69) is 35.1 Å². The predicted molar refractivity (Wildman–Crippen MR) is 81.7 cm³/mol. The van der Waals surface area contributed by atoms with E-state index in [0.717, 1.165) is 36.7 Å². The highest BCUT2D eigenvalue weighted by Gasteiger charge is 2.10. The number of nitrogens with zero attached hydrogens (tertiary/aromatic N) is 3. The van der Waals surface area contributed by atoms with Gasteiger partial charge in [-0.3, -0.25) is 4.90 Å². The quantitative estimate of drug-likeness (QED) is 0.786. The van der Waals surface area contributed by atoms with Crippen LogP contribution in [-0.2, 0) is 6.54 Å². The third-order valence-corrected chi connectivity index (χ3v) is 3.22. The lowest BCUT2D eigenvalue weighted by atomic mass is 10.3. The Bertz CT molecular complexity index is 514. The summed E-state index contributed by atoms with van der Waals surface area (Å²) in [6, 6.07) is 12.3. The van der Waals surface area contributed by atoms with E-state index in [1.165, 1.54) is 0 Å². The standard InChI is InChI=1S/C15H23N5/c1-13-11-14(12-19(9-7-16)10-8-17)18-20(13)15-5-3-2-4-6-15/h2-6,11H,7-10,12,16-17H2,1H3. The lowest BCUT2D eigenvalue weighted by Crippen LogP contribution is -2.33. The molecule has 0 unspecified atom stereocenters. The fourth-order valence-corrected chi connectivity index (χ4v) is 2.31. The maximum atomic E-state index is 5.63. The molecule has 5 nitrogen and oxygen atoms in total. The van der Waals surface area contributed by atoms with E-state index in [-0.39, 0.29) is 0 Å². The Morgan fingerprint density at radius 3 is 2.35 bits per heavy atom. The van der Waals surface area contributed by atoms with Gasteiger partial charge in [0, 0.05) is 38.4 Å². The van der Waals surface area contributed by atoms with Gasteiger partial charge in [-0.15, -0.1) is 0 Å². The van der Waals surface area contributed by atoms with Crippen LogP contribution in [0.25, 0.3) is 5.69 Å². The summed E-state index contributed by atoms with van der Waals surface area (Å²) in [5, 5.41) is 4.68. The Morgan fingerprint density at radius 1 is 1.10 bits per heavy atom. The Balaban J connectivity index is 2.14. The highest BCUT2D eigenvalue weighted by atomic mass is 15.3. The molecule has 0 saturated heterocycles. The van der Waals surface area contributed by atoms with Crippen LogP contribution in [0.3, 0.4) is 0 Å². The van der Waals surface area contributed by atoms with E-state index in [1.54, 1.807) is 0 Å². The zero-order valence-corrected chi connectivity index (χ0v) is 12.0. The third kappa shape index (κ3) is 3.66. The van der Waals surface area contributed by atoms with Gasteiger partial charge in [0.1, 0.15) is 0 Å². The van der Waals surface area contributed by atoms with Crippen molar-refractivity contribution >= 4 is 0 Å². The van der Waals surface area contributed by atoms with Crippen LogP contribution in [0.4, 0.5) is 0 Å². The van der Waals surface area contributed by atoms with Crippen molar-refractivity contribution in [3.63, 3.8) is 0 Å². The minimum Gasteiger partial charge on any atom is -0.329 e. The molecule has 1 aromatic heterocycles. The molecule has 0 aliphatic heterocycles. The largest absolute Gasteiger partial charge is 0.329 e. The normalized spacial score (nSPS) is 11.2. The highest BCUT2D eigenvalue weighted by Crippen LogP contribution is 2.12. The topological polar surface area (TPSA) is 73.1 Å². The zero-order valence-electron chi connectivity index (χ0n) is 12.0. The van der Waals surface area contributed by atoms with Crippen molar-refractivity contribution in [1.29, 1.82) is 0 Å². The molecule has 0 radical (unpaired) electrons. The molecule has 0 aliphatic rings. The average Bonchev–Trinajstić information content (AvgIpc) is 2.81. The second-order valence-corrected chi connectivity index (χ2v) is 4.88. The van der Waals surface area contributed by atoms with E-state index in [0.29, 0.717) is 13.1 Å². The summed E-state index contributed by atoms with van der Waals surface area (Å²) in [5.74, 6) is 0. The van der Waals surface area contributed by atoms with Crippen LogP contribution in [0.1, 0.15) is 11.4 Å². The second-order valence-electron chi connectivity index (χ2n) is 4.88. The number of hydrogen-bond donors (Lipinski definition) is 2. The van der Waals surface area contributed by atoms with Gasteiger partial charge in [-0.05, 0) is 25.1 Å². The van der Waals surface area contributed by atoms with Gasteiger partial charge in [-0.25, -0.2) is 4.68 Å². The number of benzene rings is 1. The van der Waals surface area contributed by atoms with Crippen molar-refractivity contribution in [2.45, 2.75) is 13.5 Å². The minimum absolute atomic E-state index is 0.637. The number of aromatic nitrogens is 2. The molecule has 0 fully saturated rings. The molecule has 2 rings (SSSR count). The summed E-state index contributed by atoms with van der Waals surface area (Å²) >= 11 is 0. The molecule has 0 amide bonds. The number of rotatable bonds is 7. The first-order chi connectivity index (χ1) is 9.74. The van der Waals surface area contributed by atoms with Crippen LogP contribution in [0.2, 0.25) is 0 Å². The lowest BCUT2D eigenvalue weighted by molar-refractivity contribution is 0.277. The van der Waals surface area contributed by atoms with Gasteiger partial charge < -0.3 is 11.5 Å². The third-order valence-electron chi connectivity index (χ3n) is 3.22. The molecular weight excluding hydrogens is 250 g/mol. The first-order valence-electron chi connectivity index (χ1n) is 6.98. The summed E-state index contributed by atoms with van der Waals surface area (Å²) in [7, 11) is 0. The Morgan fingerprint density at radius 2 is 1.75 bits per heavy atom.